The third-order valence-corrected chi connectivity index (χ3v) is 4.17. The lowest BCUT2D eigenvalue weighted by Crippen LogP contribution is -2.48. The van der Waals surface area contributed by atoms with Gasteiger partial charge in [-0.2, -0.15) is 0 Å². The second-order valence-electron chi connectivity index (χ2n) is 7.51. The molecule has 1 aliphatic carbocycles. The zero-order chi connectivity index (χ0) is 17.9. The molecular weight excluding hydrogens is 348 g/mol. The van der Waals surface area contributed by atoms with Gasteiger partial charge in [-0.25, -0.2) is 8.78 Å². The molecule has 1 N–H and O–H groups in total. The molecule has 2 unspecified atom stereocenters. The minimum absolute atomic E-state index is 0. The van der Waals surface area contributed by atoms with Crippen molar-refractivity contribution in [2.24, 2.45) is 0 Å². The number of carbonyl (C=O) groups excluding carboxylic acids is 1. The van der Waals surface area contributed by atoms with E-state index in [1.54, 1.807) is 0 Å². The van der Waals surface area contributed by atoms with Gasteiger partial charge in [-0.15, -0.1) is 12.4 Å². The summed E-state index contributed by atoms with van der Waals surface area (Å²) in [6, 6.07) is 1.93. The molecule has 0 fully saturated rings. The molecule has 0 saturated carbocycles. The molecule has 0 radical (unpaired) electrons. The zero-order valence-electron chi connectivity index (χ0n) is 15.3. The number of esters is 1. The predicted molar refractivity (Wildman–Crippen MR) is 97.1 cm³/mol. The fourth-order valence-corrected chi connectivity index (χ4v) is 3.14. The Morgan fingerprint density at radius 2 is 2.04 bits per heavy atom. The van der Waals surface area contributed by atoms with Gasteiger partial charge in [-0.1, -0.05) is 13.3 Å². The number of ether oxygens (including phenoxy) is 1. The highest BCUT2D eigenvalue weighted by atomic mass is 35.5. The summed E-state index contributed by atoms with van der Waals surface area (Å²) in [5.41, 5.74) is 0.752. The minimum Gasteiger partial charge on any atom is -0.459 e. The first-order valence-corrected chi connectivity index (χ1v) is 8.65. The van der Waals surface area contributed by atoms with E-state index in [-0.39, 0.29) is 24.4 Å². The lowest BCUT2D eigenvalue weighted by molar-refractivity contribution is -0.158. The van der Waals surface area contributed by atoms with Crippen LogP contribution in [0.2, 0.25) is 0 Å². The van der Waals surface area contributed by atoms with E-state index in [9.17, 15) is 13.6 Å². The maximum atomic E-state index is 14.0. The standard InChI is InChI=1S/C19H27F2NO2.ClH/c1-5-6-17(18(23)24-19(2,3)4)22-14-8-7-12-9-13(20)10-16(21)15(12)11-14;/h9-10,14,17,22H,5-8,11H2,1-4H3;1H. The molecule has 0 bridgehead atoms. The molecule has 0 aliphatic heterocycles. The van der Waals surface area contributed by atoms with E-state index in [1.165, 1.54) is 6.07 Å². The third-order valence-electron chi connectivity index (χ3n) is 4.17. The normalized spacial score (nSPS) is 18.1. The van der Waals surface area contributed by atoms with E-state index < -0.39 is 23.3 Å². The van der Waals surface area contributed by atoms with Crippen LogP contribution in [0.4, 0.5) is 8.78 Å². The predicted octanol–water partition coefficient (Wildman–Crippen LogP) is 4.34. The summed E-state index contributed by atoms with van der Waals surface area (Å²) in [6.45, 7) is 7.54. The van der Waals surface area contributed by atoms with Crippen LogP contribution in [0.15, 0.2) is 12.1 Å². The van der Waals surface area contributed by atoms with Crippen molar-refractivity contribution in [1.29, 1.82) is 0 Å². The van der Waals surface area contributed by atoms with Crippen molar-refractivity contribution < 1.29 is 18.3 Å². The van der Waals surface area contributed by atoms with Crippen LogP contribution < -0.4 is 5.32 Å². The first-order chi connectivity index (χ1) is 11.2. The van der Waals surface area contributed by atoms with Crippen LogP contribution in [0.25, 0.3) is 0 Å². The monoisotopic (exact) mass is 375 g/mol. The molecule has 0 aromatic heterocycles. The summed E-state index contributed by atoms with van der Waals surface area (Å²) in [4.78, 5) is 12.4. The largest absolute Gasteiger partial charge is 0.459 e. The van der Waals surface area contributed by atoms with Crippen molar-refractivity contribution in [3.05, 3.63) is 34.9 Å². The molecule has 1 aromatic rings. The van der Waals surface area contributed by atoms with Gasteiger partial charge in [0.05, 0.1) is 0 Å². The van der Waals surface area contributed by atoms with Gasteiger partial charge in [0.1, 0.15) is 23.3 Å². The number of halogens is 3. The molecule has 1 aliphatic rings. The Labute approximate surface area is 154 Å². The second-order valence-corrected chi connectivity index (χ2v) is 7.51. The number of benzene rings is 1. The van der Waals surface area contributed by atoms with Crippen LogP contribution in [0.3, 0.4) is 0 Å². The van der Waals surface area contributed by atoms with Gasteiger partial charge in [0.15, 0.2) is 0 Å². The number of hydrogen-bond donors (Lipinski definition) is 1. The van der Waals surface area contributed by atoms with Gasteiger partial charge in [0.2, 0.25) is 0 Å². The maximum Gasteiger partial charge on any atom is 0.323 e. The lowest BCUT2D eigenvalue weighted by Gasteiger charge is -2.31. The molecule has 6 heteroatoms. The second kappa shape index (κ2) is 8.95. The first kappa shape index (κ1) is 21.8. The fourth-order valence-electron chi connectivity index (χ4n) is 3.14. The smallest absolute Gasteiger partial charge is 0.323 e. The number of rotatable bonds is 5. The number of hydrogen-bond acceptors (Lipinski definition) is 3. The Morgan fingerprint density at radius 1 is 1.36 bits per heavy atom. The highest BCUT2D eigenvalue weighted by Gasteiger charge is 2.29. The highest BCUT2D eigenvalue weighted by molar-refractivity contribution is 5.85. The van der Waals surface area contributed by atoms with Crippen molar-refractivity contribution in [3.63, 3.8) is 0 Å². The Bertz CT molecular complexity index is 602. The Balaban J connectivity index is 0.00000312. The Kier molecular flexibility index (Phi) is 7.82. The van der Waals surface area contributed by atoms with E-state index in [0.717, 1.165) is 24.5 Å². The fraction of sp³-hybridized carbons (Fsp3) is 0.632. The average molecular weight is 376 g/mol. The number of fused-ring (bicyclic) bond motifs is 1. The van der Waals surface area contributed by atoms with Crippen molar-refractivity contribution >= 4 is 18.4 Å². The molecule has 0 spiro atoms. The van der Waals surface area contributed by atoms with Crippen LogP contribution >= 0.6 is 12.4 Å². The zero-order valence-corrected chi connectivity index (χ0v) is 16.1. The van der Waals surface area contributed by atoms with Crippen LogP contribution in [0, 0.1) is 11.6 Å². The van der Waals surface area contributed by atoms with Crippen molar-refractivity contribution in [1.82, 2.24) is 5.32 Å². The first-order valence-electron chi connectivity index (χ1n) is 8.65. The number of aryl methyl sites for hydroxylation is 1. The quantitative estimate of drug-likeness (QED) is 0.778. The van der Waals surface area contributed by atoms with Gasteiger partial charge in [0, 0.05) is 12.1 Å². The van der Waals surface area contributed by atoms with Crippen LogP contribution in [-0.2, 0) is 22.4 Å². The summed E-state index contributed by atoms with van der Waals surface area (Å²) in [6.07, 6.45) is 3.34. The van der Waals surface area contributed by atoms with Crippen molar-refractivity contribution in [3.8, 4) is 0 Å². The maximum absolute atomic E-state index is 14.0. The summed E-state index contributed by atoms with van der Waals surface area (Å²) in [5, 5.41) is 3.33. The average Bonchev–Trinajstić information content (AvgIpc) is 2.45. The van der Waals surface area contributed by atoms with Gasteiger partial charge in [-0.05, 0) is 63.6 Å². The molecule has 3 nitrogen and oxygen atoms in total. The van der Waals surface area contributed by atoms with E-state index in [1.807, 2.05) is 27.7 Å². The van der Waals surface area contributed by atoms with Gasteiger partial charge >= 0.3 is 5.97 Å². The van der Waals surface area contributed by atoms with Gasteiger partial charge in [-0.3, -0.25) is 4.79 Å². The third kappa shape index (κ3) is 6.23. The molecular formula is C19H28ClF2NO2. The van der Waals surface area contributed by atoms with Crippen molar-refractivity contribution in [2.45, 2.75) is 77.5 Å². The van der Waals surface area contributed by atoms with Crippen molar-refractivity contribution in [2.75, 3.05) is 0 Å². The molecule has 0 heterocycles. The Morgan fingerprint density at radius 3 is 2.64 bits per heavy atom. The molecule has 1 aromatic carbocycles. The molecule has 2 rings (SSSR count). The number of nitrogens with one attached hydrogen (secondary N) is 1. The summed E-state index contributed by atoms with van der Waals surface area (Å²) < 4.78 is 32.8. The van der Waals surface area contributed by atoms with Crippen LogP contribution in [-0.4, -0.2) is 23.7 Å². The van der Waals surface area contributed by atoms with Crippen LogP contribution in [0.5, 0.6) is 0 Å². The molecule has 142 valence electrons. The number of carbonyl (C=O) groups is 1. The lowest BCUT2D eigenvalue weighted by atomic mass is 9.87. The molecule has 0 amide bonds. The van der Waals surface area contributed by atoms with Gasteiger partial charge < -0.3 is 10.1 Å². The van der Waals surface area contributed by atoms with E-state index in [2.05, 4.69) is 5.32 Å². The minimum atomic E-state index is -0.534. The SMILES string of the molecule is CCCC(NC1CCc2cc(F)cc(F)c2C1)C(=O)OC(C)(C)C.Cl. The summed E-state index contributed by atoms with van der Waals surface area (Å²) >= 11 is 0. The molecule has 0 saturated heterocycles. The highest BCUT2D eigenvalue weighted by Crippen LogP contribution is 2.26. The van der Waals surface area contributed by atoms with E-state index in [4.69, 9.17) is 4.74 Å². The molecule has 25 heavy (non-hydrogen) atoms. The van der Waals surface area contributed by atoms with Crippen LogP contribution in [0.1, 0.15) is 58.1 Å². The Hall–Kier alpha value is -1.20. The topological polar surface area (TPSA) is 38.3 Å². The van der Waals surface area contributed by atoms with Gasteiger partial charge in [0.25, 0.3) is 0 Å². The van der Waals surface area contributed by atoms with E-state index >= 15 is 0 Å². The molecule has 2 atom stereocenters. The summed E-state index contributed by atoms with van der Waals surface area (Å²) in [7, 11) is 0. The van der Waals surface area contributed by atoms with E-state index in [0.29, 0.717) is 24.8 Å². The summed E-state index contributed by atoms with van der Waals surface area (Å²) in [5.74, 6) is -1.30.